The van der Waals surface area contributed by atoms with E-state index in [0.717, 1.165) is 11.1 Å². The molecule has 0 bridgehead atoms. The first-order valence-electron chi connectivity index (χ1n) is 12.9. The van der Waals surface area contributed by atoms with Crippen LogP contribution in [-0.2, 0) is 22.7 Å². The van der Waals surface area contributed by atoms with Crippen LogP contribution in [0.5, 0.6) is 17.2 Å². The number of para-hydroxylation sites is 1. The van der Waals surface area contributed by atoms with Crippen LogP contribution in [-0.4, -0.2) is 58.6 Å². The summed E-state index contributed by atoms with van der Waals surface area (Å²) in [6.45, 7) is 5.72. The van der Waals surface area contributed by atoms with Crippen molar-refractivity contribution < 1.29 is 23.8 Å². The molecule has 40 heavy (non-hydrogen) atoms. The van der Waals surface area contributed by atoms with E-state index in [9.17, 15) is 9.59 Å². The SMILES string of the molecule is COc1ccc(CN(C(=O)Cn2nnc3ccccc32)C(C(=O)NC(C)(C)C)c2cc(OC)cc(OC)c2)cc1. The smallest absolute Gasteiger partial charge is 0.247 e. The van der Waals surface area contributed by atoms with Gasteiger partial charge < -0.3 is 24.4 Å². The summed E-state index contributed by atoms with van der Waals surface area (Å²) in [5.41, 5.74) is 2.22. The van der Waals surface area contributed by atoms with Crippen molar-refractivity contribution in [1.82, 2.24) is 25.2 Å². The van der Waals surface area contributed by atoms with Gasteiger partial charge in [0.2, 0.25) is 11.8 Å². The van der Waals surface area contributed by atoms with Gasteiger partial charge in [-0.1, -0.05) is 29.5 Å². The second-order valence-corrected chi connectivity index (χ2v) is 10.4. The van der Waals surface area contributed by atoms with Crippen LogP contribution < -0.4 is 19.5 Å². The second kappa shape index (κ2) is 12.1. The molecule has 0 aliphatic rings. The molecule has 10 heteroatoms. The Morgan fingerprint density at radius 1 is 0.900 bits per heavy atom. The number of methoxy groups -OCH3 is 3. The highest BCUT2D eigenvalue weighted by Gasteiger charge is 2.34. The minimum Gasteiger partial charge on any atom is -0.497 e. The fourth-order valence-corrected chi connectivity index (χ4v) is 4.40. The van der Waals surface area contributed by atoms with Crippen molar-refractivity contribution in [3.05, 3.63) is 77.9 Å². The van der Waals surface area contributed by atoms with Gasteiger partial charge in [0.05, 0.1) is 26.8 Å². The third kappa shape index (κ3) is 6.69. The summed E-state index contributed by atoms with van der Waals surface area (Å²) in [6.07, 6.45) is 0. The number of aromatic nitrogens is 3. The molecule has 0 saturated heterocycles. The Morgan fingerprint density at radius 3 is 2.12 bits per heavy atom. The first-order chi connectivity index (χ1) is 19.1. The maximum atomic E-state index is 14.1. The van der Waals surface area contributed by atoms with Gasteiger partial charge in [-0.25, -0.2) is 4.68 Å². The lowest BCUT2D eigenvalue weighted by molar-refractivity contribution is -0.142. The molecule has 0 fully saturated rings. The predicted octanol–water partition coefficient (Wildman–Crippen LogP) is 4.14. The molecule has 10 nitrogen and oxygen atoms in total. The third-order valence-electron chi connectivity index (χ3n) is 6.29. The van der Waals surface area contributed by atoms with Crippen LogP contribution in [0.25, 0.3) is 11.0 Å². The van der Waals surface area contributed by atoms with Crippen molar-refractivity contribution in [1.29, 1.82) is 0 Å². The van der Waals surface area contributed by atoms with Gasteiger partial charge in [-0.15, -0.1) is 5.10 Å². The zero-order valence-corrected chi connectivity index (χ0v) is 23.7. The van der Waals surface area contributed by atoms with Gasteiger partial charge in [-0.2, -0.15) is 0 Å². The van der Waals surface area contributed by atoms with Crippen molar-refractivity contribution in [3.63, 3.8) is 0 Å². The van der Waals surface area contributed by atoms with Gasteiger partial charge in [0.1, 0.15) is 35.4 Å². The molecule has 3 aromatic carbocycles. The van der Waals surface area contributed by atoms with Crippen LogP contribution in [0.2, 0.25) is 0 Å². The van der Waals surface area contributed by atoms with Crippen LogP contribution >= 0.6 is 0 Å². The Balaban J connectivity index is 1.82. The van der Waals surface area contributed by atoms with Gasteiger partial charge in [-0.3, -0.25) is 9.59 Å². The van der Waals surface area contributed by atoms with E-state index in [0.29, 0.717) is 28.3 Å². The number of benzene rings is 3. The maximum absolute atomic E-state index is 14.1. The fourth-order valence-electron chi connectivity index (χ4n) is 4.40. The number of nitrogens with zero attached hydrogens (tertiary/aromatic N) is 4. The monoisotopic (exact) mass is 545 g/mol. The minimum absolute atomic E-state index is 0.114. The summed E-state index contributed by atoms with van der Waals surface area (Å²) in [5.74, 6) is 1.04. The number of amides is 2. The molecule has 1 aromatic heterocycles. The van der Waals surface area contributed by atoms with Crippen molar-refractivity contribution in [2.75, 3.05) is 21.3 Å². The van der Waals surface area contributed by atoms with Gasteiger partial charge in [0.15, 0.2) is 0 Å². The number of hydrogen-bond donors (Lipinski definition) is 1. The molecule has 0 radical (unpaired) electrons. The van der Waals surface area contributed by atoms with Gasteiger partial charge in [0, 0.05) is 18.2 Å². The van der Waals surface area contributed by atoms with E-state index >= 15 is 0 Å². The Morgan fingerprint density at radius 2 is 1.52 bits per heavy atom. The number of ether oxygens (including phenoxy) is 3. The van der Waals surface area contributed by atoms with Crippen LogP contribution in [0.3, 0.4) is 0 Å². The van der Waals surface area contributed by atoms with Crippen LogP contribution in [0.15, 0.2) is 66.7 Å². The van der Waals surface area contributed by atoms with Crippen molar-refractivity contribution in [2.45, 2.75) is 45.4 Å². The number of hydrogen-bond acceptors (Lipinski definition) is 7. The summed E-state index contributed by atoms with van der Waals surface area (Å²) >= 11 is 0. The lowest BCUT2D eigenvalue weighted by atomic mass is 10.00. The Labute approximate surface area is 233 Å². The lowest BCUT2D eigenvalue weighted by Crippen LogP contribution is -2.49. The molecule has 1 atom stereocenters. The molecule has 4 rings (SSSR count). The van der Waals surface area contributed by atoms with Crippen molar-refractivity contribution in [2.24, 2.45) is 0 Å². The molecular weight excluding hydrogens is 510 g/mol. The molecule has 210 valence electrons. The lowest BCUT2D eigenvalue weighted by Gasteiger charge is -2.34. The molecule has 2 amide bonds. The van der Waals surface area contributed by atoms with Crippen LogP contribution in [0, 0.1) is 0 Å². The normalized spacial score (nSPS) is 12.1. The molecule has 4 aromatic rings. The maximum Gasteiger partial charge on any atom is 0.247 e. The van der Waals surface area contributed by atoms with E-state index < -0.39 is 11.6 Å². The van der Waals surface area contributed by atoms with E-state index in [2.05, 4.69) is 15.6 Å². The van der Waals surface area contributed by atoms with E-state index in [1.165, 1.54) is 0 Å². The standard InChI is InChI=1S/C30H35N5O5/c1-30(2,3)31-29(37)28(21-15-23(39-5)17-24(16-21)40-6)34(18-20-11-13-22(38-4)14-12-20)27(36)19-35-26-10-8-7-9-25(26)32-33-35/h7-17,28H,18-19H2,1-6H3,(H,31,37). The topological polar surface area (TPSA) is 108 Å². The fraction of sp³-hybridized carbons (Fsp3) is 0.333. The van der Waals surface area contributed by atoms with Crippen molar-refractivity contribution in [3.8, 4) is 17.2 Å². The first-order valence-corrected chi connectivity index (χ1v) is 12.9. The number of fused-ring (bicyclic) bond motifs is 1. The average molecular weight is 546 g/mol. The van der Waals surface area contributed by atoms with Gasteiger partial charge in [-0.05, 0) is 68.3 Å². The minimum atomic E-state index is -1.01. The Kier molecular flexibility index (Phi) is 8.57. The zero-order valence-electron chi connectivity index (χ0n) is 23.7. The highest BCUT2D eigenvalue weighted by atomic mass is 16.5. The number of rotatable bonds is 10. The average Bonchev–Trinajstić information content (AvgIpc) is 3.34. The van der Waals surface area contributed by atoms with E-state index in [1.54, 1.807) is 49.1 Å². The third-order valence-corrected chi connectivity index (χ3v) is 6.29. The summed E-state index contributed by atoms with van der Waals surface area (Å²) in [4.78, 5) is 29.7. The van der Waals surface area contributed by atoms with Crippen molar-refractivity contribution >= 4 is 22.8 Å². The van der Waals surface area contributed by atoms with Gasteiger partial charge >= 0.3 is 0 Å². The predicted molar refractivity (Wildman–Crippen MR) is 151 cm³/mol. The molecule has 0 spiro atoms. The summed E-state index contributed by atoms with van der Waals surface area (Å²) in [7, 11) is 4.67. The second-order valence-electron chi connectivity index (χ2n) is 10.4. The number of nitrogens with one attached hydrogen (secondary N) is 1. The molecule has 0 aliphatic heterocycles. The largest absolute Gasteiger partial charge is 0.497 e. The summed E-state index contributed by atoms with van der Waals surface area (Å²) in [5, 5.41) is 11.4. The van der Waals surface area contributed by atoms with Crippen LogP contribution in [0.4, 0.5) is 0 Å². The number of carbonyl (C=O) groups excluding carboxylic acids is 2. The first kappa shape index (κ1) is 28.4. The molecular formula is C30H35N5O5. The van der Waals surface area contributed by atoms with Crippen LogP contribution in [0.1, 0.15) is 37.9 Å². The molecule has 1 heterocycles. The summed E-state index contributed by atoms with van der Waals surface area (Å²) in [6, 6.07) is 19.0. The highest BCUT2D eigenvalue weighted by Crippen LogP contribution is 2.32. The highest BCUT2D eigenvalue weighted by molar-refractivity contribution is 5.89. The Hall–Kier alpha value is -4.60. The Bertz CT molecular complexity index is 1450. The van der Waals surface area contributed by atoms with E-state index in [1.807, 2.05) is 69.3 Å². The van der Waals surface area contributed by atoms with Gasteiger partial charge in [0.25, 0.3) is 0 Å². The zero-order chi connectivity index (χ0) is 28.9. The van der Waals surface area contributed by atoms with E-state index in [-0.39, 0.29) is 24.9 Å². The van der Waals surface area contributed by atoms with E-state index in [4.69, 9.17) is 14.2 Å². The summed E-state index contributed by atoms with van der Waals surface area (Å²) < 4.78 is 17.8. The number of carbonyl (C=O) groups is 2. The quantitative estimate of drug-likeness (QED) is 0.319. The molecule has 1 N–H and O–H groups in total. The molecule has 1 unspecified atom stereocenters. The molecule has 0 saturated carbocycles. The molecule has 0 aliphatic carbocycles.